The van der Waals surface area contributed by atoms with Crippen LogP contribution in [0.1, 0.15) is 17.5 Å². The van der Waals surface area contributed by atoms with Crippen molar-refractivity contribution in [2.45, 2.75) is 19.0 Å². The predicted molar refractivity (Wildman–Crippen MR) is 63.9 cm³/mol. The first-order valence-electron chi connectivity index (χ1n) is 5.81. The highest BCUT2D eigenvalue weighted by Gasteiger charge is 2.21. The molecule has 1 unspecified atom stereocenters. The van der Waals surface area contributed by atoms with Crippen LogP contribution in [0.5, 0.6) is 0 Å². The van der Waals surface area contributed by atoms with E-state index in [1.165, 1.54) is 12.1 Å². The van der Waals surface area contributed by atoms with Crippen molar-refractivity contribution in [2.24, 2.45) is 0 Å². The van der Waals surface area contributed by atoms with Gasteiger partial charge in [-0.1, -0.05) is 0 Å². The van der Waals surface area contributed by atoms with Gasteiger partial charge in [0.05, 0.1) is 11.6 Å². The number of nitrogens with zero attached hydrogens (tertiary/aromatic N) is 2. The number of halogens is 1. The summed E-state index contributed by atoms with van der Waals surface area (Å²) < 4.78 is 13.2. The van der Waals surface area contributed by atoms with Gasteiger partial charge in [-0.05, 0) is 37.2 Å². The number of hydrogen-bond acceptors (Lipinski definition) is 3. The summed E-state index contributed by atoms with van der Waals surface area (Å²) in [5.41, 5.74) is 1.35. The van der Waals surface area contributed by atoms with E-state index in [0.29, 0.717) is 18.2 Å². The molecule has 1 saturated heterocycles. The van der Waals surface area contributed by atoms with E-state index in [0.717, 1.165) is 25.1 Å². The summed E-state index contributed by atoms with van der Waals surface area (Å²) in [6.45, 7) is 2.60. The molecule has 4 heteroatoms. The predicted octanol–water partition coefficient (Wildman–Crippen LogP) is 1.49. The summed E-state index contributed by atoms with van der Waals surface area (Å²) in [5.74, 6) is -0.275. The molecule has 90 valence electrons. The Labute approximate surface area is 101 Å². The molecule has 0 amide bonds. The number of nitrogens with one attached hydrogen (secondary N) is 1. The van der Waals surface area contributed by atoms with Gasteiger partial charge in [-0.15, -0.1) is 0 Å². The van der Waals surface area contributed by atoms with Crippen molar-refractivity contribution >= 4 is 0 Å². The van der Waals surface area contributed by atoms with E-state index in [9.17, 15) is 4.39 Å². The molecule has 1 aliphatic rings. The van der Waals surface area contributed by atoms with Crippen LogP contribution in [0.15, 0.2) is 18.2 Å². The van der Waals surface area contributed by atoms with E-state index in [-0.39, 0.29) is 5.82 Å². The molecule has 1 fully saturated rings. The van der Waals surface area contributed by atoms with Crippen molar-refractivity contribution in [1.82, 2.24) is 10.2 Å². The zero-order valence-electron chi connectivity index (χ0n) is 9.91. The van der Waals surface area contributed by atoms with E-state index < -0.39 is 0 Å². The summed E-state index contributed by atoms with van der Waals surface area (Å²) in [6, 6.07) is 6.97. The van der Waals surface area contributed by atoms with Crippen molar-refractivity contribution in [1.29, 1.82) is 5.26 Å². The molecule has 0 radical (unpaired) electrons. The quantitative estimate of drug-likeness (QED) is 0.859. The molecule has 1 atom stereocenters. The van der Waals surface area contributed by atoms with Gasteiger partial charge < -0.3 is 5.32 Å². The Bertz CT molecular complexity index is 439. The van der Waals surface area contributed by atoms with Crippen LogP contribution in [0.3, 0.4) is 0 Å². The minimum Gasteiger partial charge on any atom is -0.316 e. The number of rotatable bonds is 3. The molecular weight excluding hydrogens is 217 g/mol. The Morgan fingerprint density at radius 3 is 3.06 bits per heavy atom. The number of hydrogen-bond donors (Lipinski definition) is 1. The van der Waals surface area contributed by atoms with E-state index >= 15 is 0 Å². The van der Waals surface area contributed by atoms with Crippen molar-refractivity contribution in [3.63, 3.8) is 0 Å². The second-order valence-corrected chi connectivity index (χ2v) is 4.42. The molecule has 0 bridgehead atoms. The summed E-state index contributed by atoms with van der Waals surface area (Å²) >= 11 is 0. The Balaban J connectivity index is 2.09. The molecule has 1 aromatic rings. The topological polar surface area (TPSA) is 39.1 Å². The first-order chi connectivity index (χ1) is 8.22. The van der Waals surface area contributed by atoms with Gasteiger partial charge in [0.25, 0.3) is 0 Å². The third kappa shape index (κ3) is 2.82. The van der Waals surface area contributed by atoms with Gasteiger partial charge in [0.1, 0.15) is 5.82 Å². The lowest BCUT2D eigenvalue weighted by Crippen LogP contribution is -2.29. The molecule has 1 heterocycles. The largest absolute Gasteiger partial charge is 0.316 e. The fourth-order valence-corrected chi connectivity index (χ4v) is 2.25. The lowest BCUT2D eigenvalue weighted by Gasteiger charge is -2.16. The van der Waals surface area contributed by atoms with Gasteiger partial charge in [0.2, 0.25) is 0 Å². The Morgan fingerprint density at radius 2 is 2.41 bits per heavy atom. The number of nitriles is 1. The average molecular weight is 233 g/mol. The summed E-state index contributed by atoms with van der Waals surface area (Å²) in [5, 5.41) is 12.2. The monoisotopic (exact) mass is 233 g/mol. The first kappa shape index (κ1) is 12.0. The lowest BCUT2D eigenvalue weighted by atomic mass is 10.1. The maximum absolute atomic E-state index is 13.2. The van der Waals surface area contributed by atoms with E-state index in [1.807, 2.05) is 7.05 Å². The molecule has 17 heavy (non-hydrogen) atoms. The van der Waals surface area contributed by atoms with Gasteiger partial charge in [-0.2, -0.15) is 5.26 Å². The van der Waals surface area contributed by atoms with Crippen LogP contribution in [0.4, 0.5) is 4.39 Å². The average Bonchev–Trinajstić information content (AvgIpc) is 2.77. The molecule has 0 aromatic heterocycles. The third-order valence-corrected chi connectivity index (χ3v) is 3.26. The van der Waals surface area contributed by atoms with Crippen molar-refractivity contribution in [2.75, 3.05) is 20.1 Å². The zero-order chi connectivity index (χ0) is 12.3. The zero-order valence-corrected chi connectivity index (χ0v) is 9.91. The van der Waals surface area contributed by atoms with Gasteiger partial charge >= 0.3 is 0 Å². The van der Waals surface area contributed by atoms with Crippen molar-refractivity contribution in [3.05, 3.63) is 35.1 Å². The molecule has 0 spiro atoms. The Hall–Kier alpha value is -1.44. The second kappa shape index (κ2) is 5.26. The fraction of sp³-hybridized carbons (Fsp3) is 0.462. The van der Waals surface area contributed by atoms with Crippen LogP contribution < -0.4 is 5.32 Å². The van der Waals surface area contributed by atoms with Crippen molar-refractivity contribution < 1.29 is 4.39 Å². The summed E-state index contributed by atoms with van der Waals surface area (Å²) in [6.07, 6.45) is 1.10. The normalized spacial score (nSPS) is 20.4. The minimum atomic E-state index is -0.275. The molecule has 1 aliphatic heterocycles. The van der Waals surface area contributed by atoms with E-state index in [4.69, 9.17) is 5.26 Å². The Kier molecular flexibility index (Phi) is 3.72. The second-order valence-electron chi connectivity index (χ2n) is 4.42. The highest BCUT2D eigenvalue weighted by atomic mass is 19.1. The summed E-state index contributed by atoms with van der Waals surface area (Å²) in [4.78, 5) is 2.25. The molecule has 2 rings (SSSR count). The maximum atomic E-state index is 13.2. The van der Waals surface area contributed by atoms with Gasteiger partial charge in [-0.3, -0.25) is 4.90 Å². The molecule has 3 nitrogen and oxygen atoms in total. The van der Waals surface area contributed by atoms with Crippen molar-refractivity contribution in [3.8, 4) is 6.07 Å². The fourth-order valence-electron chi connectivity index (χ4n) is 2.25. The van der Waals surface area contributed by atoms with Crippen LogP contribution in [-0.4, -0.2) is 31.1 Å². The molecule has 1 N–H and O–H groups in total. The maximum Gasteiger partial charge on any atom is 0.123 e. The van der Waals surface area contributed by atoms with E-state index in [1.54, 1.807) is 6.07 Å². The van der Waals surface area contributed by atoms with Crippen LogP contribution in [0, 0.1) is 17.1 Å². The number of benzene rings is 1. The summed E-state index contributed by atoms with van der Waals surface area (Å²) in [7, 11) is 1.96. The highest BCUT2D eigenvalue weighted by Crippen LogP contribution is 2.17. The number of likely N-dealkylation sites (tertiary alicyclic amines) is 1. The van der Waals surface area contributed by atoms with Crippen LogP contribution >= 0.6 is 0 Å². The highest BCUT2D eigenvalue weighted by molar-refractivity contribution is 5.37. The van der Waals surface area contributed by atoms with Crippen LogP contribution in [0.2, 0.25) is 0 Å². The molecule has 0 saturated carbocycles. The van der Waals surface area contributed by atoms with Crippen LogP contribution in [0.25, 0.3) is 0 Å². The molecule has 0 aliphatic carbocycles. The van der Waals surface area contributed by atoms with E-state index in [2.05, 4.69) is 16.3 Å². The minimum absolute atomic E-state index is 0.275. The smallest absolute Gasteiger partial charge is 0.123 e. The van der Waals surface area contributed by atoms with Gasteiger partial charge in [0.15, 0.2) is 0 Å². The standard InChI is InChI=1S/C13H16FN3/c1-16-13-4-5-17(9-13)8-11-6-12(14)3-2-10(11)7-15/h2-3,6,13,16H,4-5,8-9H2,1H3. The molecule has 1 aromatic carbocycles. The van der Waals surface area contributed by atoms with Gasteiger partial charge in [0, 0.05) is 25.7 Å². The third-order valence-electron chi connectivity index (χ3n) is 3.26. The lowest BCUT2D eigenvalue weighted by molar-refractivity contribution is 0.321. The Morgan fingerprint density at radius 1 is 1.59 bits per heavy atom. The van der Waals surface area contributed by atoms with Gasteiger partial charge in [-0.25, -0.2) is 4.39 Å². The SMILES string of the molecule is CNC1CCN(Cc2cc(F)ccc2C#N)C1. The molecular formula is C13H16FN3. The number of likely N-dealkylation sites (N-methyl/N-ethyl adjacent to an activating group) is 1. The van der Waals surface area contributed by atoms with Crippen LogP contribution in [-0.2, 0) is 6.54 Å². The first-order valence-corrected chi connectivity index (χ1v) is 5.81.